The molecular formula is C21H13ClO4. The molecule has 0 aliphatic heterocycles. The Bertz CT molecular complexity index is 1180. The molecule has 128 valence electrons. The van der Waals surface area contributed by atoms with Crippen LogP contribution < -0.4 is 10.2 Å². The van der Waals surface area contributed by atoms with Crippen LogP contribution in [0.5, 0.6) is 5.75 Å². The van der Waals surface area contributed by atoms with Gasteiger partial charge in [0.25, 0.3) is 0 Å². The minimum atomic E-state index is -0.174. The lowest BCUT2D eigenvalue weighted by atomic mass is 10.1. The summed E-state index contributed by atoms with van der Waals surface area (Å²) in [5, 5.41) is 1.49. The zero-order valence-electron chi connectivity index (χ0n) is 13.6. The SMILES string of the molecule is O=C(COc1ccc2oc3ccccc3c(=O)c2c1)c1ccc(Cl)cc1. The predicted molar refractivity (Wildman–Crippen MR) is 101 cm³/mol. The molecule has 0 fully saturated rings. The lowest BCUT2D eigenvalue weighted by Gasteiger charge is -2.07. The van der Waals surface area contributed by atoms with Crippen molar-refractivity contribution in [1.82, 2.24) is 0 Å². The lowest BCUT2D eigenvalue weighted by molar-refractivity contribution is 0.0921. The number of ether oxygens (including phenoxy) is 1. The number of ketones is 1. The van der Waals surface area contributed by atoms with Gasteiger partial charge in [0, 0.05) is 10.6 Å². The van der Waals surface area contributed by atoms with E-state index in [4.69, 9.17) is 20.8 Å². The van der Waals surface area contributed by atoms with E-state index in [0.29, 0.717) is 38.3 Å². The van der Waals surface area contributed by atoms with Crippen molar-refractivity contribution in [3.8, 4) is 5.75 Å². The molecule has 26 heavy (non-hydrogen) atoms. The first-order chi connectivity index (χ1) is 12.6. The Morgan fingerprint density at radius 2 is 1.65 bits per heavy atom. The van der Waals surface area contributed by atoms with Crippen molar-refractivity contribution < 1.29 is 13.9 Å². The highest BCUT2D eigenvalue weighted by Crippen LogP contribution is 2.22. The molecule has 4 rings (SSSR count). The number of benzene rings is 3. The smallest absolute Gasteiger partial charge is 0.200 e. The number of carbonyl (C=O) groups excluding carboxylic acids is 1. The third-order valence-electron chi connectivity index (χ3n) is 4.08. The van der Waals surface area contributed by atoms with Crippen LogP contribution in [0.1, 0.15) is 10.4 Å². The predicted octanol–water partition coefficient (Wildman–Crippen LogP) is 4.86. The molecule has 0 N–H and O–H groups in total. The van der Waals surface area contributed by atoms with Gasteiger partial charge in [-0.2, -0.15) is 0 Å². The molecule has 0 bridgehead atoms. The summed E-state index contributed by atoms with van der Waals surface area (Å²) in [6.45, 7) is -0.133. The normalized spacial score (nSPS) is 11.0. The van der Waals surface area contributed by atoms with Gasteiger partial charge in [-0.15, -0.1) is 0 Å². The highest BCUT2D eigenvalue weighted by atomic mass is 35.5. The number of fused-ring (bicyclic) bond motifs is 2. The van der Waals surface area contributed by atoms with Crippen molar-refractivity contribution in [3.05, 3.63) is 87.5 Å². The van der Waals surface area contributed by atoms with Gasteiger partial charge in [0.2, 0.25) is 5.43 Å². The van der Waals surface area contributed by atoms with Crippen molar-refractivity contribution in [2.75, 3.05) is 6.61 Å². The Hall–Kier alpha value is -3.11. The fourth-order valence-electron chi connectivity index (χ4n) is 2.74. The maximum absolute atomic E-state index is 12.6. The molecule has 0 spiro atoms. The van der Waals surface area contributed by atoms with Crippen molar-refractivity contribution >= 4 is 39.3 Å². The van der Waals surface area contributed by atoms with E-state index in [2.05, 4.69) is 0 Å². The summed E-state index contributed by atoms with van der Waals surface area (Å²) in [5.41, 5.74) is 1.40. The summed E-state index contributed by atoms with van der Waals surface area (Å²) in [6, 6.07) is 18.6. The van der Waals surface area contributed by atoms with E-state index in [0.717, 1.165) is 0 Å². The molecule has 0 saturated heterocycles. The molecule has 5 heteroatoms. The van der Waals surface area contributed by atoms with Crippen LogP contribution in [-0.4, -0.2) is 12.4 Å². The van der Waals surface area contributed by atoms with E-state index in [-0.39, 0.29) is 17.8 Å². The molecule has 0 amide bonds. The number of Topliss-reactive ketones (excluding diaryl/α,β-unsaturated/α-hetero) is 1. The third kappa shape index (κ3) is 3.07. The van der Waals surface area contributed by atoms with Crippen molar-refractivity contribution in [2.24, 2.45) is 0 Å². The van der Waals surface area contributed by atoms with Crippen LogP contribution >= 0.6 is 11.6 Å². The molecule has 0 unspecified atom stereocenters. The van der Waals surface area contributed by atoms with Crippen molar-refractivity contribution in [1.29, 1.82) is 0 Å². The van der Waals surface area contributed by atoms with Crippen LogP contribution in [0.4, 0.5) is 0 Å². The van der Waals surface area contributed by atoms with E-state index in [9.17, 15) is 9.59 Å². The minimum absolute atomic E-state index is 0.128. The molecular weight excluding hydrogens is 352 g/mol. The number of rotatable bonds is 4. The van der Waals surface area contributed by atoms with Gasteiger partial charge in [-0.3, -0.25) is 9.59 Å². The molecule has 0 saturated carbocycles. The maximum atomic E-state index is 12.6. The molecule has 0 aliphatic carbocycles. The summed E-state index contributed by atoms with van der Waals surface area (Å²) in [4.78, 5) is 24.8. The second-order valence-corrected chi connectivity index (χ2v) is 6.24. The Kier molecular flexibility index (Phi) is 4.19. The lowest BCUT2D eigenvalue weighted by Crippen LogP contribution is -2.11. The first-order valence-electron chi connectivity index (χ1n) is 7.99. The van der Waals surface area contributed by atoms with Crippen LogP contribution in [0.3, 0.4) is 0 Å². The van der Waals surface area contributed by atoms with Gasteiger partial charge >= 0.3 is 0 Å². The van der Waals surface area contributed by atoms with Crippen molar-refractivity contribution in [2.45, 2.75) is 0 Å². The van der Waals surface area contributed by atoms with E-state index >= 15 is 0 Å². The zero-order valence-corrected chi connectivity index (χ0v) is 14.3. The molecule has 1 aromatic heterocycles. The first kappa shape index (κ1) is 16.4. The molecule has 3 aromatic carbocycles. The van der Waals surface area contributed by atoms with Gasteiger partial charge in [-0.25, -0.2) is 0 Å². The van der Waals surface area contributed by atoms with Gasteiger partial charge in [0.15, 0.2) is 12.4 Å². The number of hydrogen-bond donors (Lipinski definition) is 0. The van der Waals surface area contributed by atoms with E-state index < -0.39 is 0 Å². The highest BCUT2D eigenvalue weighted by molar-refractivity contribution is 6.30. The van der Waals surface area contributed by atoms with Crippen LogP contribution in [0.15, 0.2) is 75.9 Å². The zero-order chi connectivity index (χ0) is 18.1. The topological polar surface area (TPSA) is 56.5 Å². The van der Waals surface area contributed by atoms with Crippen molar-refractivity contribution in [3.63, 3.8) is 0 Å². The average molecular weight is 365 g/mol. The van der Waals surface area contributed by atoms with Gasteiger partial charge < -0.3 is 9.15 Å². The summed E-state index contributed by atoms with van der Waals surface area (Å²) in [5.74, 6) is 0.259. The number of carbonyl (C=O) groups is 1. The van der Waals surface area contributed by atoms with Gasteiger partial charge in [0.1, 0.15) is 16.9 Å². The standard InChI is InChI=1S/C21H13ClO4/c22-14-7-5-13(6-8-14)18(23)12-25-15-9-10-20-17(11-15)21(24)16-3-1-2-4-19(16)26-20/h1-11H,12H2. The monoisotopic (exact) mass is 364 g/mol. The largest absolute Gasteiger partial charge is 0.485 e. The fraction of sp³-hybridized carbons (Fsp3) is 0.0476. The van der Waals surface area contributed by atoms with E-state index in [1.165, 1.54) is 0 Å². The summed E-state index contributed by atoms with van der Waals surface area (Å²) in [7, 11) is 0. The molecule has 0 radical (unpaired) electrons. The highest BCUT2D eigenvalue weighted by Gasteiger charge is 2.10. The summed E-state index contributed by atoms with van der Waals surface area (Å²) in [6.07, 6.45) is 0. The van der Waals surface area contributed by atoms with E-state index in [1.54, 1.807) is 60.7 Å². The third-order valence-corrected chi connectivity index (χ3v) is 4.34. The maximum Gasteiger partial charge on any atom is 0.200 e. The quantitative estimate of drug-likeness (QED) is 0.383. The van der Waals surface area contributed by atoms with Gasteiger partial charge in [-0.05, 0) is 54.6 Å². The molecule has 1 heterocycles. The second kappa shape index (κ2) is 6.65. The molecule has 4 nitrogen and oxygen atoms in total. The van der Waals surface area contributed by atoms with Crippen LogP contribution in [0.25, 0.3) is 21.9 Å². The Labute approximate surface area is 153 Å². The minimum Gasteiger partial charge on any atom is -0.485 e. The number of para-hydroxylation sites is 1. The average Bonchev–Trinajstić information content (AvgIpc) is 2.67. The van der Waals surface area contributed by atoms with Crippen LogP contribution in [-0.2, 0) is 0 Å². The fourth-order valence-corrected chi connectivity index (χ4v) is 2.87. The number of hydrogen-bond acceptors (Lipinski definition) is 4. The van der Waals surface area contributed by atoms with E-state index in [1.807, 2.05) is 6.07 Å². The van der Waals surface area contributed by atoms with Gasteiger partial charge in [-0.1, -0.05) is 23.7 Å². The molecule has 0 atom stereocenters. The summed E-state index contributed by atoms with van der Waals surface area (Å²) < 4.78 is 11.3. The second-order valence-electron chi connectivity index (χ2n) is 5.80. The Morgan fingerprint density at radius 3 is 2.46 bits per heavy atom. The molecule has 4 aromatic rings. The van der Waals surface area contributed by atoms with Crippen LogP contribution in [0, 0.1) is 0 Å². The van der Waals surface area contributed by atoms with Crippen LogP contribution in [0.2, 0.25) is 5.02 Å². The number of halogens is 1. The van der Waals surface area contributed by atoms with Gasteiger partial charge in [0.05, 0.1) is 10.8 Å². The molecule has 0 aliphatic rings. The summed E-state index contributed by atoms with van der Waals surface area (Å²) >= 11 is 5.82. The Balaban J connectivity index is 1.62. The first-order valence-corrected chi connectivity index (χ1v) is 8.37. The Morgan fingerprint density at radius 1 is 0.923 bits per heavy atom.